The van der Waals surface area contributed by atoms with Gasteiger partial charge in [0.05, 0.1) is 0 Å². The summed E-state index contributed by atoms with van der Waals surface area (Å²) in [6.07, 6.45) is 0.432. The molecule has 0 saturated carbocycles. The van der Waals surface area contributed by atoms with E-state index < -0.39 is 0 Å². The number of carbonyl (C=O) groups excluding carboxylic acids is 1. The quantitative estimate of drug-likeness (QED) is 0.353. The SMILES string of the molecule is [13CH3][13CH2][13C](=O)Cl. The Morgan fingerprint density at radius 3 is 2.20 bits per heavy atom. The zero-order valence-electron chi connectivity index (χ0n) is 2.99. The normalized spacial score (nSPS) is 7.60. The van der Waals surface area contributed by atoms with Crippen molar-refractivity contribution in [2.24, 2.45) is 0 Å². The Morgan fingerprint density at radius 2 is 2.20 bits per heavy atom. The van der Waals surface area contributed by atoms with Crippen molar-refractivity contribution in [3.8, 4) is 0 Å². The summed E-state index contributed by atoms with van der Waals surface area (Å²) in [5.74, 6) is 0. The Balaban J connectivity index is 2.85. The largest absolute Gasteiger partial charge is 0.281 e. The van der Waals surface area contributed by atoms with Crippen LogP contribution in [-0.2, 0) is 4.79 Å². The molecule has 0 saturated heterocycles. The zero-order chi connectivity index (χ0) is 4.28. The van der Waals surface area contributed by atoms with Gasteiger partial charge in [-0.25, -0.2) is 0 Å². The van der Waals surface area contributed by atoms with E-state index in [2.05, 4.69) is 0 Å². The molecule has 0 aromatic rings. The molecular formula is C3H5ClO. The average molecular weight is 95.5 g/mol. The fourth-order valence-corrected chi connectivity index (χ4v) is 0. The lowest BCUT2D eigenvalue weighted by Gasteiger charge is -1.68. The van der Waals surface area contributed by atoms with Crippen LogP contribution in [0.15, 0.2) is 0 Å². The third-order valence-electron chi connectivity index (χ3n) is 0.278. The van der Waals surface area contributed by atoms with Crippen LogP contribution in [0.3, 0.4) is 0 Å². The van der Waals surface area contributed by atoms with Crippen molar-refractivity contribution in [2.45, 2.75) is 13.3 Å². The summed E-state index contributed by atoms with van der Waals surface area (Å²) < 4.78 is 0. The lowest BCUT2D eigenvalue weighted by atomic mass is 11.5. The summed E-state index contributed by atoms with van der Waals surface area (Å²) in [7, 11) is 0. The fourth-order valence-electron chi connectivity index (χ4n) is 0. The van der Waals surface area contributed by atoms with Crippen LogP contribution in [0.5, 0.6) is 0 Å². The van der Waals surface area contributed by atoms with Gasteiger partial charge in [-0.15, -0.1) is 0 Å². The van der Waals surface area contributed by atoms with E-state index in [-0.39, 0.29) is 5.24 Å². The number of hydrogen-bond donors (Lipinski definition) is 0. The van der Waals surface area contributed by atoms with Crippen LogP contribution < -0.4 is 0 Å². The van der Waals surface area contributed by atoms with Gasteiger partial charge in [0.25, 0.3) is 0 Å². The monoisotopic (exact) mass is 95.0 g/mol. The van der Waals surface area contributed by atoms with Gasteiger partial charge in [0.15, 0.2) is 0 Å². The highest BCUT2D eigenvalue weighted by atomic mass is 35.5. The number of carbonyl (C=O) groups is 1. The molecule has 30 valence electrons. The van der Waals surface area contributed by atoms with E-state index in [1.807, 2.05) is 0 Å². The predicted octanol–water partition coefficient (Wildman–Crippen LogP) is 1.16. The molecule has 0 aliphatic rings. The van der Waals surface area contributed by atoms with Gasteiger partial charge in [-0.1, -0.05) is 6.92 Å². The van der Waals surface area contributed by atoms with Crippen molar-refractivity contribution in [3.05, 3.63) is 0 Å². The first-order valence-electron chi connectivity index (χ1n) is 1.45. The Labute approximate surface area is 35.9 Å². The van der Waals surface area contributed by atoms with Crippen LogP contribution in [0.4, 0.5) is 0 Å². The predicted molar refractivity (Wildman–Crippen MR) is 21.2 cm³/mol. The Kier molecular flexibility index (Phi) is 2.19. The lowest BCUT2D eigenvalue weighted by molar-refractivity contribution is -0.111. The van der Waals surface area contributed by atoms with Gasteiger partial charge in [-0.3, -0.25) is 4.79 Å². The topological polar surface area (TPSA) is 17.1 Å². The highest BCUT2D eigenvalue weighted by Crippen LogP contribution is 1.81. The first-order valence-corrected chi connectivity index (χ1v) is 1.83. The van der Waals surface area contributed by atoms with Gasteiger partial charge in [-0.2, -0.15) is 0 Å². The van der Waals surface area contributed by atoms with Crippen molar-refractivity contribution in [3.63, 3.8) is 0 Å². The van der Waals surface area contributed by atoms with E-state index in [0.29, 0.717) is 6.42 Å². The van der Waals surface area contributed by atoms with Crippen molar-refractivity contribution in [1.29, 1.82) is 0 Å². The number of rotatable bonds is 1. The second-order valence-electron chi connectivity index (χ2n) is 0.709. The van der Waals surface area contributed by atoms with E-state index in [0.717, 1.165) is 0 Å². The van der Waals surface area contributed by atoms with Gasteiger partial charge in [0, 0.05) is 6.42 Å². The maximum absolute atomic E-state index is 9.58. The van der Waals surface area contributed by atoms with Gasteiger partial charge < -0.3 is 0 Å². The molecule has 0 aliphatic carbocycles. The van der Waals surface area contributed by atoms with E-state index in [1.54, 1.807) is 6.92 Å². The maximum atomic E-state index is 9.58. The first kappa shape index (κ1) is 4.96. The highest BCUT2D eigenvalue weighted by molar-refractivity contribution is 6.63. The van der Waals surface area contributed by atoms with Crippen LogP contribution in [0.2, 0.25) is 0 Å². The Morgan fingerprint density at radius 1 is 2.00 bits per heavy atom. The van der Waals surface area contributed by atoms with Crippen LogP contribution in [0, 0.1) is 0 Å². The number of hydrogen-bond acceptors (Lipinski definition) is 1. The Bertz CT molecular complexity index is 42.2. The van der Waals surface area contributed by atoms with Crippen LogP contribution in [0.25, 0.3) is 0 Å². The third kappa shape index (κ3) is 3.96. The molecule has 0 heterocycles. The second kappa shape index (κ2) is 2.21. The molecule has 0 rings (SSSR count). The lowest BCUT2D eigenvalue weighted by Crippen LogP contribution is -1.74. The first-order chi connectivity index (χ1) is 2.27. The summed E-state index contributed by atoms with van der Waals surface area (Å²) >= 11 is 4.82. The molecular weight excluding hydrogens is 90.5 g/mol. The fraction of sp³-hybridized carbons (Fsp3) is 0.667. The molecule has 5 heavy (non-hydrogen) atoms. The van der Waals surface area contributed by atoms with Gasteiger partial charge in [-0.05, 0) is 11.6 Å². The van der Waals surface area contributed by atoms with Crippen LogP contribution in [0.1, 0.15) is 13.3 Å². The van der Waals surface area contributed by atoms with Gasteiger partial charge in [0.1, 0.15) is 0 Å². The van der Waals surface area contributed by atoms with E-state index >= 15 is 0 Å². The molecule has 0 spiro atoms. The molecule has 2 heteroatoms. The minimum atomic E-state index is -0.273. The standard InChI is InChI=1S/C3H5ClO/c1-2-3(4)5/h2H2,1H3/i1+1,2+1,3+1. The summed E-state index contributed by atoms with van der Waals surface area (Å²) in [6, 6.07) is 0. The highest BCUT2D eigenvalue weighted by Gasteiger charge is 1.81. The summed E-state index contributed by atoms with van der Waals surface area (Å²) in [5, 5.41) is -0.273. The van der Waals surface area contributed by atoms with Crippen LogP contribution >= 0.6 is 11.6 Å². The smallest absolute Gasteiger partial charge is 0.221 e. The third-order valence-corrected chi connectivity index (χ3v) is 0.545. The molecule has 0 N–H and O–H groups in total. The van der Waals surface area contributed by atoms with Crippen molar-refractivity contribution >= 4 is 16.8 Å². The van der Waals surface area contributed by atoms with Gasteiger partial charge in [0.2, 0.25) is 5.24 Å². The summed E-state index contributed by atoms with van der Waals surface area (Å²) in [4.78, 5) is 9.58. The number of halogens is 1. The average Bonchev–Trinajstić information content (AvgIpc) is 1.38. The molecule has 0 amide bonds. The summed E-state index contributed by atoms with van der Waals surface area (Å²) in [6.45, 7) is 1.72. The maximum Gasteiger partial charge on any atom is 0.221 e. The molecule has 0 radical (unpaired) electrons. The molecule has 0 aromatic carbocycles. The molecule has 0 aromatic heterocycles. The minimum absolute atomic E-state index is 0.273. The molecule has 0 atom stereocenters. The molecule has 0 bridgehead atoms. The Hall–Kier alpha value is -0.0400. The van der Waals surface area contributed by atoms with Crippen molar-refractivity contribution in [1.82, 2.24) is 0 Å². The second-order valence-corrected chi connectivity index (χ2v) is 1.13. The minimum Gasteiger partial charge on any atom is -0.281 e. The van der Waals surface area contributed by atoms with Crippen LogP contribution in [-0.4, -0.2) is 5.24 Å². The summed E-state index contributed by atoms with van der Waals surface area (Å²) in [5.41, 5.74) is 0. The van der Waals surface area contributed by atoms with E-state index in [1.165, 1.54) is 0 Å². The van der Waals surface area contributed by atoms with Crippen molar-refractivity contribution in [2.75, 3.05) is 0 Å². The zero-order valence-corrected chi connectivity index (χ0v) is 3.75. The molecule has 0 aliphatic heterocycles. The molecule has 0 unspecified atom stereocenters. The molecule has 1 nitrogen and oxygen atoms in total. The van der Waals surface area contributed by atoms with Gasteiger partial charge >= 0.3 is 0 Å². The van der Waals surface area contributed by atoms with E-state index in [9.17, 15) is 4.79 Å². The van der Waals surface area contributed by atoms with Crippen molar-refractivity contribution < 1.29 is 4.79 Å². The van der Waals surface area contributed by atoms with E-state index in [4.69, 9.17) is 11.6 Å². The molecule has 0 fully saturated rings.